The van der Waals surface area contributed by atoms with Crippen LogP contribution in [0.15, 0.2) is 36.4 Å². The lowest BCUT2D eigenvalue weighted by Crippen LogP contribution is -2.32. The van der Waals surface area contributed by atoms with Crippen molar-refractivity contribution in [1.82, 2.24) is 5.32 Å². The van der Waals surface area contributed by atoms with Gasteiger partial charge in [-0.3, -0.25) is 9.10 Å². The number of amides is 1. The van der Waals surface area contributed by atoms with Gasteiger partial charge in [0.05, 0.1) is 23.0 Å². The van der Waals surface area contributed by atoms with Gasteiger partial charge in [-0.25, -0.2) is 8.42 Å². The summed E-state index contributed by atoms with van der Waals surface area (Å²) in [6.07, 6.45) is 1.56. The van der Waals surface area contributed by atoms with Gasteiger partial charge in [-0.1, -0.05) is 29.3 Å². The van der Waals surface area contributed by atoms with Gasteiger partial charge in [-0.05, 0) is 49.2 Å². The average molecular weight is 487 g/mol. The Morgan fingerprint density at radius 3 is 2.55 bits per heavy atom. The van der Waals surface area contributed by atoms with E-state index in [4.69, 9.17) is 32.7 Å². The first-order valence-corrected chi connectivity index (χ1v) is 12.4. The van der Waals surface area contributed by atoms with Gasteiger partial charge in [-0.15, -0.1) is 0 Å². The summed E-state index contributed by atoms with van der Waals surface area (Å²) < 4.78 is 36.8. The van der Waals surface area contributed by atoms with Crippen molar-refractivity contribution in [2.75, 3.05) is 30.3 Å². The number of rotatable bonds is 8. The molecule has 1 aliphatic heterocycles. The minimum absolute atomic E-state index is 0.102. The average Bonchev–Trinajstić information content (AvgIpc) is 2.72. The van der Waals surface area contributed by atoms with E-state index < -0.39 is 10.0 Å². The van der Waals surface area contributed by atoms with Crippen LogP contribution >= 0.6 is 23.2 Å². The molecule has 10 heteroatoms. The van der Waals surface area contributed by atoms with Gasteiger partial charge in [0.25, 0.3) is 0 Å². The SMILES string of the molecule is C[C@@H](NC(=O)CCCN(c1cc(Cl)ccc1Cl)S(C)(=O)=O)c1ccc2c(c1)OCCO2. The van der Waals surface area contributed by atoms with E-state index in [1.54, 1.807) is 12.1 Å². The van der Waals surface area contributed by atoms with Crippen molar-refractivity contribution in [3.8, 4) is 11.5 Å². The molecule has 0 aliphatic carbocycles. The van der Waals surface area contributed by atoms with Crippen molar-refractivity contribution in [2.45, 2.75) is 25.8 Å². The maximum absolute atomic E-state index is 12.4. The molecular formula is C21H24Cl2N2O5S. The molecule has 1 atom stereocenters. The Hall–Kier alpha value is -2.16. The van der Waals surface area contributed by atoms with E-state index in [9.17, 15) is 13.2 Å². The zero-order chi connectivity index (χ0) is 22.6. The third-order valence-corrected chi connectivity index (χ3v) is 6.52. The molecule has 0 saturated carbocycles. The number of nitrogens with one attached hydrogen (secondary N) is 1. The predicted molar refractivity (Wildman–Crippen MR) is 122 cm³/mol. The van der Waals surface area contributed by atoms with Crippen LogP contribution < -0.4 is 19.1 Å². The largest absolute Gasteiger partial charge is 0.486 e. The third-order valence-electron chi connectivity index (χ3n) is 4.79. The number of nitrogens with zero attached hydrogens (tertiary/aromatic N) is 1. The van der Waals surface area contributed by atoms with Crippen LogP contribution in [0.2, 0.25) is 10.0 Å². The molecule has 1 N–H and O–H groups in total. The molecule has 0 fully saturated rings. The highest BCUT2D eigenvalue weighted by Gasteiger charge is 2.21. The summed E-state index contributed by atoms with van der Waals surface area (Å²) in [5.74, 6) is 1.16. The summed E-state index contributed by atoms with van der Waals surface area (Å²) in [6.45, 7) is 2.98. The molecule has 2 aromatic carbocycles. The highest BCUT2D eigenvalue weighted by atomic mass is 35.5. The highest BCUT2D eigenvalue weighted by Crippen LogP contribution is 2.33. The Kier molecular flexibility index (Phi) is 7.56. The fourth-order valence-electron chi connectivity index (χ4n) is 3.25. The highest BCUT2D eigenvalue weighted by molar-refractivity contribution is 7.92. The zero-order valence-corrected chi connectivity index (χ0v) is 19.6. The van der Waals surface area contributed by atoms with Gasteiger partial charge in [0.1, 0.15) is 13.2 Å². The summed E-state index contributed by atoms with van der Waals surface area (Å²) in [4.78, 5) is 12.4. The zero-order valence-electron chi connectivity index (χ0n) is 17.2. The van der Waals surface area contributed by atoms with Crippen molar-refractivity contribution < 1.29 is 22.7 Å². The Morgan fingerprint density at radius 2 is 1.84 bits per heavy atom. The van der Waals surface area contributed by atoms with Gasteiger partial charge in [-0.2, -0.15) is 0 Å². The summed E-state index contributed by atoms with van der Waals surface area (Å²) in [7, 11) is -3.60. The fraction of sp³-hybridized carbons (Fsp3) is 0.381. The van der Waals surface area contributed by atoms with Crippen molar-refractivity contribution >= 4 is 44.8 Å². The number of sulfonamides is 1. The summed E-state index contributed by atoms with van der Waals surface area (Å²) in [5, 5.41) is 3.57. The topological polar surface area (TPSA) is 84.9 Å². The lowest BCUT2D eigenvalue weighted by molar-refractivity contribution is -0.121. The second-order valence-electron chi connectivity index (χ2n) is 7.23. The van der Waals surface area contributed by atoms with Crippen LogP contribution in [0.3, 0.4) is 0 Å². The van der Waals surface area contributed by atoms with Gasteiger partial charge in [0, 0.05) is 18.0 Å². The monoisotopic (exact) mass is 486 g/mol. The number of benzene rings is 2. The molecule has 0 bridgehead atoms. The molecule has 1 heterocycles. The first kappa shape index (κ1) is 23.5. The molecule has 0 radical (unpaired) electrons. The maximum Gasteiger partial charge on any atom is 0.232 e. The Bertz CT molecular complexity index is 1060. The number of anilines is 1. The van der Waals surface area contributed by atoms with E-state index in [1.807, 2.05) is 25.1 Å². The third kappa shape index (κ3) is 6.18. The number of hydrogen-bond acceptors (Lipinski definition) is 5. The smallest absolute Gasteiger partial charge is 0.232 e. The molecule has 0 spiro atoms. The standard InChI is InChI=1S/C21H24Cl2N2O5S/c1-14(15-5-8-19-20(12-15)30-11-10-29-19)24-21(26)4-3-9-25(31(2,27)28)18-13-16(22)6-7-17(18)23/h5-8,12-14H,3-4,9-11H2,1-2H3,(H,24,26)/t14-/m1/s1. The number of carbonyl (C=O) groups excluding carboxylic acids is 1. The second-order valence-corrected chi connectivity index (χ2v) is 9.98. The quantitative estimate of drug-likeness (QED) is 0.604. The summed E-state index contributed by atoms with van der Waals surface area (Å²) >= 11 is 12.2. The van der Waals surface area contributed by atoms with Crippen molar-refractivity contribution in [2.24, 2.45) is 0 Å². The van der Waals surface area contributed by atoms with Gasteiger partial charge in [0.15, 0.2) is 11.5 Å². The number of hydrogen-bond donors (Lipinski definition) is 1. The van der Waals surface area contributed by atoms with E-state index in [2.05, 4.69) is 5.32 Å². The van der Waals surface area contributed by atoms with Crippen molar-refractivity contribution in [3.05, 3.63) is 52.0 Å². The molecule has 1 amide bonds. The van der Waals surface area contributed by atoms with E-state index in [1.165, 1.54) is 10.4 Å². The Labute approximate surface area is 192 Å². The first-order valence-electron chi connectivity index (χ1n) is 9.77. The van der Waals surface area contributed by atoms with Crippen molar-refractivity contribution in [1.29, 1.82) is 0 Å². The molecule has 7 nitrogen and oxygen atoms in total. The first-order chi connectivity index (χ1) is 14.6. The van der Waals surface area contributed by atoms with Crippen LogP contribution in [-0.2, 0) is 14.8 Å². The normalized spacial score (nSPS) is 14.1. The van der Waals surface area contributed by atoms with Gasteiger partial charge >= 0.3 is 0 Å². The molecule has 31 heavy (non-hydrogen) atoms. The number of carbonyl (C=O) groups is 1. The van der Waals surface area contributed by atoms with Gasteiger partial charge < -0.3 is 14.8 Å². The van der Waals surface area contributed by atoms with E-state index in [-0.39, 0.29) is 29.9 Å². The molecule has 1 aliphatic rings. The number of fused-ring (bicyclic) bond motifs is 1. The fourth-order valence-corrected chi connectivity index (χ4v) is 4.66. The molecule has 0 saturated heterocycles. The van der Waals surface area contributed by atoms with Crippen LogP contribution in [0.4, 0.5) is 5.69 Å². The minimum atomic E-state index is -3.60. The van der Waals surface area contributed by atoms with Crippen LogP contribution in [0, 0.1) is 0 Å². The van der Waals surface area contributed by atoms with E-state index in [0.717, 1.165) is 11.8 Å². The molecule has 168 valence electrons. The molecular weight excluding hydrogens is 463 g/mol. The molecule has 3 rings (SSSR count). The number of halogens is 2. The lowest BCUT2D eigenvalue weighted by Gasteiger charge is -2.24. The van der Waals surface area contributed by atoms with Crippen molar-refractivity contribution in [3.63, 3.8) is 0 Å². The van der Waals surface area contributed by atoms with Gasteiger partial charge in [0.2, 0.25) is 15.9 Å². The van der Waals surface area contributed by atoms with Crippen LogP contribution in [0.25, 0.3) is 0 Å². The number of ether oxygens (including phenoxy) is 2. The van der Waals surface area contributed by atoms with Crippen LogP contribution in [-0.4, -0.2) is 40.3 Å². The molecule has 2 aromatic rings. The Morgan fingerprint density at radius 1 is 1.13 bits per heavy atom. The molecule has 0 aromatic heterocycles. The summed E-state index contributed by atoms with van der Waals surface area (Å²) in [6, 6.07) is 9.94. The minimum Gasteiger partial charge on any atom is -0.486 e. The predicted octanol–water partition coefficient (Wildman–Crippen LogP) is 4.19. The van der Waals surface area contributed by atoms with E-state index in [0.29, 0.717) is 41.8 Å². The summed E-state index contributed by atoms with van der Waals surface area (Å²) in [5.41, 5.74) is 1.18. The van der Waals surface area contributed by atoms with Crippen LogP contribution in [0.1, 0.15) is 31.4 Å². The second kappa shape index (κ2) is 9.97. The lowest BCUT2D eigenvalue weighted by atomic mass is 10.1. The van der Waals surface area contributed by atoms with Crippen LogP contribution in [0.5, 0.6) is 11.5 Å². The Balaban J connectivity index is 1.58. The maximum atomic E-state index is 12.4. The molecule has 0 unspecified atom stereocenters. The van der Waals surface area contributed by atoms with E-state index >= 15 is 0 Å².